The van der Waals surface area contributed by atoms with Crippen LogP contribution in [-0.2, 0) is 13.1 Å². The van der Waals surface area contributed by atoms with Crippen molar-refractivity contribution >= 4 is 17.4 Å². The number of aryl methyl sites for hydroxylation is 1. The maximum absolute atomic E-state index is 13.4. The molecule has 0 aliphatic heterocycles. The van der Waals surface area contributed by atoms with Gasteiger partial charge in [-0.15, -0.1) is 0 Å². The second kappa shape index (κ2) is 12.1. The van der Waals surface area contributed by atoms with Gasteiger partial charge in [-0.2, -0.15) is 5.10 Å². The number of aliphatic hydroxyl groups is 1. The molecule has 0 aliphatic carbocycles. The average Bonchev–Trinajstić information content (AvgIpc) is 3.43. The number of nitrogen functional groups attached to an aromatic ring is 1. The van der Waals surface area contributed by atoms with Crippen molar-refractivity contribution in [1.29, 1.82) is 0 Å². The summed E-state index contributed by atoms with van der Waals surface area (Å²) < 4.78 is 29.6. The molecule has 0 aliphatic rings. The standard InChI is InChI=1S/C31H28F2N6O3/c1-19(40)15-39-16-23(14-36-39)22-12-26(30(34)35-13-22)20-4-8-25(9-5-20)37-31(42)28-18-38(11-10-32)17-27(29(28)41)21-2-6-24(33)7-3-21/h2-9,12-14,16-19,40H,10-11,15H2,1H3,(H2,34,35)(H,37,42). The van der Waals surface area contributed by atoms with E-state index in [2.05, 4.69) is 15.4 Å². The van der Waals surface area contributed by atoms with Gasteiger partial charge in [0.15, 0.2) is 0 Å². The van der Waals surface area contributed by atoms with E-state index in [0.29, 0.717) is 29.2 Å². The molecule has 4 N–H and O–H groups in total. The zero-order chi connectivity index (χ0) is 29.8. The first-order valence-electron chi connectivity index (χ1n) is 13.2. The second-order valence-electron chi connectivity index (χ2n) is 9.84. The van der Waals surface area contributed by atoms with Crippen molar-refractivity contribution < 1.29 is 18.7 Å². The monoisotopic (exact) mass is 570 g/mol. The van der Waals surface area contributed by atoms with Crippen LogP contribution in [0.4, 0.5) is 20.3 Å². The predicted molar refractivity (Wildman–Crippen MR) is 157 cm³/mol. The van der Waals surface area contributed by atoms with Gasteiger partial charge in [-0.1, -0.05) is 24.3 Å². The largest absolute Gasteiger partial charge is 0.391 e. The zero-order valence-corrected chi connectivity index (χ0v) is 22.7. The highest BCUT2D eigenvalue weighted by molar-refractivity contribution is 6.04. The first-order chi connectivity index (χ1) is 20.2. The van der Waals surface area contributed by atoms with E-state index in [1.165, 1.54) is 41.2 Å². The number of carbonyl (C=O) groups is 1. The van der Waals surface area contributed by atoms with Gasteiger partial charge in [-0.3, -0.25) is 14.3 Å². The highest BCUT2D eigenvalue weighted by Crippen LogP contribution is 2.30. The van der Waals surface area contributed by atoms with Crippen molar-refractivity contribution in [3.8, 4) is 33.4 Å². The van der Waals surface area contributed by atoms with Gasteiger partial charge in [-0.25, -0.2) is 13.8 Å². The molecular weight excluding hydrogens is 542 g/mol. The fourth-order valence-electron chi connectivity index (χ4n) is 4.53. The molecule has 2 aromatic carbocycles. The van der Waals surface area contributed by atoms with Crippen LogP contribution >= 0.6 is 0 Å². The second-order valence-corrected chi connectivity index (χ2v) is 9.84. The quantitative estimate of drug-likeness (QED) is 0.234. The topological polar surface area (TPSA) is 128 Å². The summed E-state index contributed by atoms with van der Waals surface area (Å²) in [5.74, 6) is -0.812. The molecule has 3 heterocycles. The van der Waals surface area contributed by atoms with Gasteiger partial charge in [0.2, 0.25) is 5.43 Å². The summed E-state index contributed by atoms with van der Waals surface area (Å²) >= 11 is 0. The number of halogens is 2. The lowest BCUT2D eigenvalue weighted by atomic mass is 10.0. The molecule has 1 atom stereocenters. The van der Waals surface area contributed by atoms with Crippen LogP contribution in [0.2, 0.25) is 0 Å². The molecule has 0 spiro atoms. The Morgan fingerprint density at radius 3 is 2.36 bits per heavy atom. The Labute approximate surface area is 239 Å². The van der Waals surface area contributed by atoms with Crippen LogP contribution in [0.1, 0.15) is 17.3 Å². The molecule has 5 aromatic rings. The molecule has 9 nitrogen and oxygen atoms in total. The Bertz CT molecular complexity index is 1780. The summed E-state index contributed by atoms with van der Waals surface area (Å²) in [6.45, 7) is 1.30. The number of aliphatic hydroxyl groups excluding tert-OH is 1. The first-order valence-corrected chi connectivity index (χ1v) is 13.2. The van der Waals surface area contributed by atoms with Gasteiger partial charge in [0.05, 0.1) is 25.4 Å². The summed E-state index contributed by atoms with van der Waals surface area (Å²) in [5.41, 5.74) is 9.47. The lowest BCUT2D eigenvalue weighted by Gasteiger charge is -2.12. The third-order valence-corrected chi connectivity index (χ3v) is 6.61. The van der Waals surface area contributed by atoms with Gasteiger partial charge in [0, 0.05) is 52.7 Å². The number of carbonyl (C=O) groups excluding carboxylic acids is 1. The number of aromatic nitrogens is 4. The molecule has 214 valence electrons. The lowest BCUT2D eigenvalue weighted by molar-refractivity contribution is 0.102. The molecule has 0 saturated heterocycles. The molecule has 1 amide bonds. The normalized spacial score (nSPS) is 11.8. The minimum Gasteiger partial charge on any atom is -0.391 e. The Morgan fingerprint density at radius 1 is 0.976 bits per heavy atom. The Hall–Kier alpha value is -5.16. The Balaban J connectivity index is 1.39. The van der Waals surface area contributed by atoms with Gasteiger partial charge in [-0.05, 0) is 48.4 Å². The number of amides is 1. The molecule has 0 bridgehead atoms. The van der Waals surface area contributed by atoms with Crippen LogP contribution in [0.15, 0.2) is 90.4 Å². The number of hydrogen-bond acceptors (Lipinski definition) is 6. The van der Waals surface area contributed by atoms with Crippen LogP contribution < -0.4 is 16.5 Å². The summed E-state index contributed by atoms with van der Waals surface area (Å²) in [6, 6.07) is 14.0. The highest BCUT2D eigenvalue weighted by atomic mass is 19.1. The fourth-order valence-corrected chi connectivity index (χ4v) is 4.53. The number of hydrogen-bond donors (Lipinski definition) is 3. The SMILES string of the molecule is CC(O)Cn1cc(-c2cnc(N)c(-c3ccc(NC(=O)c4cn(CCF)cc(-c5ccc(F)cc5)c4=O)cc3)c2)cn1. The molecule has 11 heteroatoms. The molecule has 1 unspecified atom stereocenters. The van der Waals surface area contributed by atoms with E-state index in [4.69, 9.17) is 5.73 Å². The van der Waals surface area contributed by atoms with E-state index in [1.807, 2.05) is 12.3 Å². The van der Waals surface area contributed by atoms with E-state index in [9.17, 15) is 23.5 Å². The number of nitrogens with one attached hydrogen (secondary N) is 1. The van der Waals surface area contributed by atoms with Crippen LogP contribution in [0.25, 0.3) is 33.4 Å². The smallest absolute Gasteiger partial charge is 0.261 e. The fraction of sp³-hybridized carbons (Fsp3) is 0.161. The maximum Gasteiger partial charge on any atom is 0.261 e. The van der Waals surface area contributed by atoms with Crippen molar-refractivity contribution in [3.05, 3.63) is 107 Å². The summed E-state index contributed by atoms with van der Waals surface area (Å²) in [4.78, 5) is 30.7. The van der Waals surface area contributed by atoms with Crippen molar-refractivity contribution in [2.24, 2.45) is 0 Å². The van der Waals surface area contributed by atoms with Gasteiger partial charge in [0.1, 0.15) is 23.9 Å². The first kappa shape index (κ1) is 28.4. The lowest BCUT2D eigenvalue weighted by Crippen LogP contribution is -2.24. The number of benzene rings is 2. The van der Waals surface area contributed by atoms with Crippen molar-refractivity contribution in [1.82, 2.24) is 19.3 Å². The minimum atomic E-state index is -0.697. The maximum atomic E-state index is 13.4. The molecule has 3 aromatic heterocycles. The van der Waals surface area contributed by atoms with Crippen molar-refractivity contribution in [3.63, 3.8) is 0 Å². The summed E-state index contributed by atoms with van der Waals surface area (Å²) in [5, 5.41) is 16.6. The predicted octanol–water partition coefficient (Wildman–Crippen LogP) is 4.76. The van der Waals surface area contributed by atoms with Crippen LogP contribution in [0, 0.1) is 5.82 Å². The summed E-state index contributed by atoms with van der Waals surface area (Å²) in [6.07, 6.45) is 7.37. The number of alkyl halides is 1. The van der Waals surface area contributed by atoms with E-state index in [1.54, 1.807) is 48.3 Å². The number of nitrogens with two attached hydrogens (primary N) is 1. The van der Waals surface area contributed by atoms with Crippen molar-refractivity contribution in [2.45, 2.75) is 26.1 Å². The number of pyridine rings is 2. The van der Waals surface area contributed by atoms with E-state index >= 15 is 0 Å². The molecular formula is C31H28F2N6O3. The minimum absolute atomic E-state index is 0.0562. The number of anilines is 2. The Morgan fingerprint density at radius 2 is 1.67 bits per heavy atom. The molecule has 0 saturated carbocycles. The zero-order valence-electron chi connectivity index (χ0n) is 22.7. The van der Waals surface area contributed by atoms with Gasteiger partial charge >= 0.3 is 0 Å². The van der Waals surface area contributed by atoms with Gasteiger partial charge < -0.3 is 20.7 Å². The molecule has 42 heavy (non-hydrogen) atoms. The molecule has 5 rings (SSSR count). The molecule has 0 fully saturated rings. The van der Waals surface area contributed by atoms with E-state index < -0.39 is 29.9 Å². The number of nitrogens with zero attached hydrogens (tertiary/aromatic N) is 4. The van der Waals surface area contributed by atoms with Crippen molar-refractivity contribution in [2.75, 3.05) is 17.7 Å². The third kappa shape index (κ3) is 6.26. The molecule has 0 radical (unpaired) electrons. The van der Waals surface area contributed by atoms with Gasteiger partial charge in [0.25, 0.3) is 5.91 Å². The highest BCUT2D eigenvalue weighted by Gasteiger charge is 2.17. The average molecular weight is 571 g/mol. The van der Waals surface area contributed by atoms with E-state index in [0.717, 1.165) is 16.7 Å². The Kier molecular flexibility index (Phi) is 8.21. The van der Waals surface area contributed by atoms with Crippen LogP contribution in [-0.4, -0.2) is 43.1 Å². The van der Waals surface area contributed by atoms with Crippen LogP contribution in [0.5, 0.6) is 0 Å². The van der Waals surface area contributed by atoms with E-state index in [-0.39, 0.29) is 17.7 Å². The van der Waals surface area contributed by atoms with Crippen LogP contribution in [0.3, 0.4) is 0 Å². The summed E-state index contributed by atoms with van der Waals surface area (Å²) in [7, 11) is 0. The third-order valence-electron chi connectivity index (χ3n) is 6.61. The number of rotatable bonds is 9.